The number of amides is 3. The van der Waals surface area contributed by atoms with Crippen molar-refractivity contribution in [3.63, 3.8) is 0 Å². The molecule has 0 atom stereocenters. The SMILES string of the molecule is Cc1ccc2c(c1)C(=O)N(CCCC(=O)NCCCC(C)C)C2=O. The number of hydrogen-bond acceptors (Lipinski definition) is 3. The average molecular weight is 330 g/mol. The Balaban J connectivity index is 1.76. The van der Waals surface area contributed by atoms with Crippen LogP contribution in [0.2, 0.25) is 0 Å². The Kier molecular flexibility index (Phi) is 6.12. The number of carbonyl (C=O) groups excluding carboxylic acids is 3. The van der Waals surface area contributed by atoms with Gasteiger partial charge in [0.15, 0.2) is 0 Å². The monoisotopic (exact) mass is 330 g/mol. The molecule has 1 aliphatic rings. The molecule has 1 aromatic rings. The van der Waals surface area contributed by atoms with Gasteiger partial charge in [-0.3, -0.25) is 19.3 Å². The summed E-state index contributed by atoms with van der Waals surface area (Å²) in [6.07, 6.45) is 2.88. The van der Waals surface area contributed by atoms with Crippen molar-refractivity contribution in [2.24, 2.45) is 5.92 Å². The van der Waals surface area contributed by atoms with Crippen molar-refractivity contribution in [1.82, 2.24) is 10.2 Å². The first kappa shape index (κ1) is 18.2. The molecule has 3 amide bonds. The molecule has 0 radical (unpaired) electrons. The van der Waals surface area contributed by atoms with E-state index in [2.05, 4.69) is 19.2 Å². The third-order valence-corrected chi connectivity index (χ3v) is 4.19. The first-order valence-corrected chi connectivity index (χ1v) is 8.63. The normalized spacial score (nSPS) is 13.6. The number of benzene rings is 1. The second-order valence-electron chi connectivity index (χ2n) is 6.80. The van der Waals surface area contributed by atoms with Crippen molar-refractivity contribution in [3.05, 3.63) is 34.9 Å². The van der Waals surface area contributed by atoms with Crippen LogP contribution in [0.4, 0.5) is 0 Å². The molecule has 0 fully saturated rings. The predicted molar refractivity (Wildman–Crippen MR) is 92.9 cm³/mol. The second-order valence-corrected chi connectivity index (χ2v) is 6.80. The van der Waals surface area contributed by atoms with Crippen LogP contribution in [-0.4, -0.2) is 35.7 Å². The van der Waals surface area contributed by atoms with Gasteiger partial charge in [0.05, 0.1) is 11.1 Å². The summed E-state index contributed by atoms with van der Waals surface area (Å²) in [6, 6.07) is 5.28. The molecule has 5 nitrogen and oxygen atoms in total. The van der Waals surface area contributed by atoms with Gasteiger partial charge in [0.25, 0.3) is 11.8 Å². The topological polar surface area (TPSA) is 66.5 Å². The summed E-state index contributed by atoms with van der Waals surface area (Å²) in [4.78, 5) is 37.6. The predicted octanol–water partition coefficient (Wildman–Crippen LogP) is 2.92. The van der Waals surface area contributed by atoms with Crippen molar-refractivity contribution in [2.45, 2.75) is 46.5 Å². The Morgan fingerprint density at radius 1 is 1.12 bits per heavy atom. The molecule has 0 spiro atoms. The Bertz CT molecular complexity index is 637. The van der Waals surface area contributed by atoms with E-state index in [1.165, 1.54) is 4.90 Å². The molecule has 1 aliphatic heterocycles. The number of imide groups is 1. The third-order valence-electron chi connectivity index (χ3n) is 4.19. The van der Waals surface area contributed by atoms with Crippen LogP contribution in [0.1, 0.15) is 65.8 Å². The summed E-state index contributed by atoms with van der Waals surface area (Å²) in [7, 11) is 0. The molecule has 1 aromatic carbocycles. The summed E-state index contributed by atoms with van der Waals surface area (Å²) < 4.78 is 0. The summed E-state index contributed by atoms with van der Waals surface area (Å²) in [5, 5.41) is 2.88. The maximum atomic E-state index is 12.3. The molecule has 0 saturated heterocycles. The van der Waals surface area contributed by atoms with Crippen molar-refractivity contribution in [1.29, 1.82) is 0 Å². The van der Waals surface area contributed by atoms with E-state index < -0.39 is 0 Å². The van der Waals surface area contributed by atoms with Crippen LogP contribution in [-0.2, 0) is 4.79 Å². The van der Waals surface area contributed by atoms with E-state index in [9.17, 15) is 14.4 Å². The fourth-order valence-corrected chi connectivity index (χ4v) is 2.83. The highest BCUT2D eigenvalue weighted by atomic mass is 16.2. The quantitative estimate of drug-likeness (QED) is 0.589. The Hall–Kier alpha value is -2.17. The Morgan fingerprint density at radius 3 is 2.54 bits per heavy atom. The lowest BCUT2D eigenvalue weighted by Gasteiger charge is -2.13. The molecule has 24 heavy (non-hydrogen) atoms. The fraction of sp³-hybridized carbons (Fsp3) is 0.526. The molecule has 0 bridgehead atoms. The fourth-order valence-electron chi connectivity index (χ4n) is 2.83. The lowest BCUT2D eigenvalue weighted by Crippen LogP contribution is -2.32. The molecule has 0 unspecified atom stereocenters. The smallest absolute Gasteiger partial charge is 0.261 e. The van der Waals surface area contributed by atoms with Gasteiger partial charge >= 0.3 is 0 Å². The first-order valence-electron chi connectivity index (χ1n) is 8.63. The number of nitrogens with zero attached hydrogens (tertiary/aromatic N) is 1. The van der Waals surface area contributed by atoms with Crippen molar-refractivity contribution >= 4 is 17.7 Å². The molecular weight excluding hydrogens is 304 g/mol. The minimum absolute atomic E-state index is 0.0220. The molecule has 1 N–H and O–H groups in total. The van der Waals surface area contributed by atoms with E-state index in [1.807, 2.05) is 13.0 Å². The number of carbonyl (C=O) groups is 3. The standard InChI is InChI=1S/C19H26N2O3/c1-13(2)6-4-10-20-17(22)7-5-11-21-18(23)15-9-8-14(3)12-16(15)19(21)24/h8-9,12-13H,4-7,10-11H2,1-3H3,(H,20,22). The van der Waals surface area contributed by atoms with Crippen LogP contribution >= 0.6 is 0 Å². The summed E-state index contributed by atoms with van der Waals surface area (Å²) in [6.45, 7) is 7.18. The Labute approximate surface area is 143 Å². The summed E-state index contributed by atoms with van der Waals surface area (Å²) in [5.74, 6) is 0.106. The van der Waals surface area contributed by atoms with Crippen molar-refractivity contribution in [3.8, 4) is 0 Å². The zero-order valence-corrected chi connectivity index (χ0v) is 14.7. The van der Waals surface area contributed by atoms with Crippen LogP contribution in [0, 0.1) is 12.8 Å². The summed E-state index contributed by atoms with van der Waals surface area (Å²) in [5.41, 5.74) is 1.89. The largest absolute Gasteiger partial charge is 0.356 e. The minimum Gasteiger partial charge on any atom is -0.356 e. The molecule has 0 aromatic heterocycles. The molecular formula is C19H26N2O3. The average Bonchev–Trinajstić information content (AvgIpc) is 2.76. The van der Waals surface area contributed by atoms with Gasteiger partial charge < -0.3 is 5.32 Å². The van der Waals surface area contributed by atoms with Crippen LogP contribution < -0.4 is 5.32 Å². The lowest BCUT2D eigenvalue weighted by atomic mass is 10.1. The highest BCUT2D eigenvalue weighted by Gasteiger charge is 2.34. The van der Waals surface area contributed by atoms with Gasteiger partial charge in [-0.2, -0.15) is 0 Å². The number of nitrogens with one attached hydrogen (secondary N) is 1. The Morgan fingerprint density at radius 2 is 1.83 bits per heavy atom. The third kappa shape index (κ3) is 4.43. The van der Waals surface area contributed by atoms with Crippen LogP contribution in [0.5, 0.6) is 0 Å². The van der Waals surface area contributed by atoms with Gasteiger partial charge in [-0.25, -0.2) is 0 Å². The van der Waals surface area contributed by atoms with Crippen LogP contribution in [0.25, 0.3) is 0 Å². The van der Waals surface area contributed by atoms with Gasteiger partial charge in [0.2, 0.25) is 5.91 Å². The first-order chi connectivity index (χ1) is 11.4. The lowest BCUT2D eigenvalue weighted by molar-refractivity contribution is -0.121. The highest BCUT2D eigenvalue weighted by molar-refractivity contribution is 6.21. The van der Waals surface area contributed by atoms with Crippen LogP contribution in [0.15, 0.2) is 18.2 Å². The highest BCUT2D eigenvalue weighted by Crippen LogP contribution is 2.24. The van der Waals surface area contributed by atoms with E-state index in [0.717, 1.165) is 18.4 Å². The number of rotatable bonds is 8. The minimum atomic E-state index is -0.257. The zero-order valence-electron chi connectivity index (χ0n) is 14.7. The number of hydrogen-bond donors (Lipinski definition) is 1. The maximum Gasteiger partial charge on any atom is 0.261 e. The molecule has 0 aliphatic carbocycles. The number of fused-ring (bicyclic) bond motifs is 1. The van der Waals surface area contributed by atoms with E-state index in [-0.39, 0.29) is 24.3 Å². The molecule has 5 heteroatoms. The zero-order chi connectivity index (χ0) is 17.7. The van der Waals surface area contributed by atoms with Gasteiger partial charge in [-0.1, -0.05) is 25.5 Å². The van der Waals surface area contributed by atoms with Gasteiger partial charge in [-0.15, -0.1) is 0 Å². The maximum absolute atomic E-state index is 12.3. The van der Waals surface area contributed by atoms with E-state index in [0.29, 0.717) is 36.4 Å². The van der Waals surface area contributed by atoms with Gasteiger partial charge in [0.1, 0.15) is 0 Å². The van der Waals surface area contributed by atoms with Crippen molar-refractivity contribution < 1.29 is 14.4 Å². The molecule has 2 rings (SSSR count). The molecule has 130 valence electrons. The second kappa shape index (κ2) is 8.08. The van der Waals surface area contributed by atoms with E-state index in [1.54, 1.807) is 12.1 Å². The van der Waals surface area contributed by atoms with Gasteiger partial charge in [-0.05, 0) is 44.2 Å². The summed E-state index contributed by atoms with van der Waals surface area (Å²) >= 11 is 0. The molecule has 0 saturated carbocycles. The van der Waals surface area contributed by atoms with E-state index >= 15 is 0 Å². The van der Waals surface area contributed by atoms with E-state index in [4.69, 9.17) is 0 Å². The van der Waals surface area contributed by atoms with Gasteiger partial charge in [0, 0.05) is 19.5 Å². The molecule has 1 heterocycles. The number of aryl methyl sites for hydroxylation is 1. The van der Waals surface area contributed by atoms with Crippen LogP contribution in [0.3, 0.4) is 0 Å². The van der Waals surface area contributed by atoms with Crippen molar-refractivity contribution in [2.75, 3.05) is 13.1 Å².